The maximum atomic E-state index is 5.78. The molecule has 100 valence electrons. The normalized spacial score (nSPS) is 10.3. The molecule has 0 aliphatic carbocycles. The number of anilines is 1. The fraction of sp³-hybridized carbons (Fsp3) is 0.250. The number of ether oxygens (including phenoxy) is 1. The summed E-state index contributed by atoms with van der Waals surface area (Å²) in [5.41, 5.74) is 3.54. The van der Waals surface area contributed by atoms with Crippen LogP contribution in [0.4, 0.5) is 5.69 Å². The summed E-state index contributed by atoms with van der Waals surface area (Å²) in [6.45, 7) is 5.57. The van der Waals surface area contributed by atoms with Gasteiger partial charge in [-0.1, -0.05) is 34.1 Å². The van der Waals surface area contributed by atoms with Crippen LogP contribution in [0.2, 0.25) is 0 Å². The summed E-state index contributed by atoms with van der Waals surface area (Å²) in [6, 6.07) is 14.4. The van der Waals surface area contributed by atoms with Crippen molar-refractivity contribution in [1.29, 1.82) is 0 Å². The van der Waals surface area contributed by atoms with E-state index in [1.54, 1.807) is 0 Å². The molecular formula is C16H18BrNO. The molecule has 0 spiro atoms. The van der Waals surface area contributed by atoms with Crippen molar-refractivity contribution in [3.8, 4) is 5.75 Å². The van der Waals surface area contributed by atoms with E-state index in [4.69, 9.17) is 4.74 Å². The van der Waals surface area contributed by atoms with E-state index < -0.39 is 0 Å². The summed E-state index contributed by atoms with van der Waals surface area (Å²) in [6.07, 6.45) is 0. The second-order valence-corrected chi connectivity index (χ2v) is 5.47. The predicted octanol–water partition coefficient (Wildman–Crippen LogP) is 4.56. The smallest absolute Gasteiger partial charge is 0.123 e. The lowest BCUT2D eigenvalue weighted by Crippen LogP contribution is -2.11. The minimum absolute atomic E-state index is 0.644. The van der Waals surface area contributed by atoms with Gasteiger partial charge in [0.15, 0.2) is 0 Å². The summed E-state index contributed by atoms with van der Waals surface area (Å²) in [5, 5.41) is 3.35. The first-order valence-electron chi connectivity index (χ1n) is 6.34. The van der Waals surface area contributed by atoms with E-state index >= 15 is 0 Å². The molecule has 2 aromatic rings. The maximum absolute atomic E-state index is 5.78. The molecule has 0 saturated heterocycles. The van der Waals surface area contributed by atoms with E-state index in [0.29, 0.717) is 6.61 Å². The third-order valence-electron chi connectivity index (χ3n) is 2.86. The van der Waals surface area contributed by atoms with Gasteiger partial charge >= 0.3 is 0 Å². The van der Waals surface area contributed by atoms with Crippen molar-refractivity contribution >= 4 is 21.6 Å². The van der Waals surface area contributed by atoms with Crippen LogP contribution in [-0.4, -0.2) is 13.2 Å². The van der Waals surface area contributed by atoms with Crippen LogP contribution < -0.4 is 10.1 Å². The van der Waals surface area contributed by atoms with Gasteiger partial charge in [-0.2, -0.15) is 0 Å². The molecule has 0 fully saturated rings. The molecule has 0 radical (unpaired) electrons. The first kappa shape index (κ1) is 13.9. The molecular weight excluding hydrogens is 302 g/mol. The van der Waals surface area contributed by atoms with Gasteiger partial charge in [0, 0.05) is 16.7 Å². The van der Waals surface area contributed by atoms with Crippen LogP contribution in [0, 0.1) is 13.8 Å². The molecule has 2 rings (SSSR count). The Morgan fingerprint density at radius 1 is 1.11 bits per heavy atom. The number of nitrogens with one attached hydrogen (secondary N) is 1. The van der Waals surface area contributed by atoms with Gasteiger partial charge in [-0.05, 0) is 49.2 Å². The molecule has 0 saturated carbocycles. The number of benzene rings is 2. The maximum Gasteiger partial charge on any atom is 0.123 e. The summed E-state index contributed by atoms with van der Waals surface area (Å²) in [7, 11) is 0. The van der Waals surface area contributed by atoms with Gasteiger partial charge in [-0.25, -0.2) is 0 Å². The quantitative estimate of drug-likeness (QED) is 0.816. The molecule has 0 aliphatic rings. The highest BCUT2D eigenvalue weighted by molar-refractivity contribution is 9.10. The summed E-state index contributed by atoms with van der Waals surface area (Å²) in [4.78, 5) is 0. The molecule has 0 amide bonds. The second-order valence-electron chi connectivity index (χ2n) is 4.55. The minimum atomic E-state index is 0.644. The molecule has 0 atom stereocenters. The highest BCUT2D eigenvalue weighted by atomic mass is 79.9. The molecule has 0 heterocycles. The number of halogens is 1. The van der Waals surface area contributed by atoms with Gasteiger partial charge in [-0.3, -0.25) is 0 Å². The zero-order valence-electron chi connectivity index (χ0n) is 11.2. The summed E-state index contributed by atoms with van der Waals surface area (Å²) < 4.78 is 6.82. The molecule has 0 bridgehead atoms. The van der Waals surface area contributed by atoms with Crippen molar-refractivity contribution in [2.45, 2.75) is 13.8 Å². The zero-order valence-corrected chi connectivity index (χ0v) is 12.8. The largest absolute Gasteiger partial charge is 0.491 e. The lowest BCUT2D eigenvalue weighted by Gasteiger charge is -2.11. The SMILES string of the molecule is Cc1cccc(NCCOc2cc(Br)ccc2C)c1. The highest BCUT2D eigenvalue weighted by Gasteiger charge is 2.00. The van der Waals surface area contributed by atoms with Crippen LogP contribution in [0.25, 0.3) is 0 Å². The number of rotatable bonds is 5. The Labute approximate surface area is 122 Å². The van der Waals surface area contributed by atoms with E-state index in [1.807, 2.05) is 18.2 Å². The van der Waals surface area contributed by atoms with E-state index in [2.05, 4.69) is 59.4 Å². The first-order valence-corrected chi connectivity index (χ1v) is 7.14. The molecule has 2 aromatic carbocycles. The van der Waals surface area contributed by atoms with Crippen molar-refractivity contribution in [2.75, 3.05) is 18.5 Å². The van der Waals surface area contributed by atoms with E-state index in [9.17, 15) is 0 Å². The molecule has 19 heavy (non-hydrogen) atoms. The van der Waals surface area contributed by atoms with E-state index in [1.165, 1.54) is 5.56 Å². The fourth-order valence-corrected chi connectivity index (χ4v) is 2.18. The molecule has 0 aliphatic heterocycles. The Bertz CT molecular complexity index is 554. The summed E-state index contributed by atoms with van der Waals surface area (Å²) in [5.74, 6) is 0.931. The third kappa shape index (κ3) is 4.28. The first-order chi connectivity index (χ1) is 9.15. The Balaban J connectivity index is 1.82. The topological polar surface area (TPSA) is 21.3 Å². The van der Waals surface area contributed by atoms with Gasteiger partial charge in [-0.15, -0.1) is 0 Å². The molecule has 0 aromatic heterocycles. The Hall–Kier alpha value is -1.48. The Morgan fingerprint density at radius 3 is 2.74 bits per heavy atom. The predicted molar refractivity (Wildman–Crippen MR) is 84.0 cm³/mol. The lowest BCUT2D eigenvalue weighted by molar-refractivity contribution is 0.330. The minimum Gasteiger partial charge on any atom is -0.491 e. The monoisotopic (exact) mass is 319 g/mol. The van der Waals surface area contributed by atoms with Gasteiger partial charge in [0.2, 0.25) is 0 Å². The van der Waals surface area contributed by atoms with Crippen molar-refractivity contribution < 1.29 is 4.74 Å². The van der Waals surface area contributed by atoms with E-state index in [0.717, 1.165) is 28.0 Å². The van der Waals surface area contributed by atoms with Gasteiger partial charge in [0.1, 0.15) is 12.4 Å². The average molecular weight is 320 g/mol. The Kier molecular flexibility index (Phi) is 4.86. The van der Waals surface area contributed by atoms with Gasteiger partial charge in [0.05, 0.1) is 0 Å². The fourth-order valence-electron chi connectivity index (χ4n) is 1.84. The van der Waals surface area contributed by atoms with Crippen LogP contribution in [0.5, 0.6) is 5.75 Å². The number of hydrogen-bond acceptors (Lipinski definition) is 2. The van der Waals surface area contributed by atoms with Crippen LogP contribution in [0.15, 0.2) is 46.9 Å². The molecule has 2 nitrogen and oxygen atoms in total. The van der Waals surface area contributed by atoms with Crippen molar-refractivity contribution in [3.63, 3.8) is 0 Å². The van der Waals surface area contributed by atoms with Crippen molar-refractivity contribution in [2.24, 2.45) is 0 Å². The zero-order chi connectivity index (χ0) is 13.7. The van der Waals surface area contributed by atoms with Gasteiger partial charge in [0.25, 0.3) is 0 Å². The molecule has 3 heteroatoms. The average Bonchev–Trinajstić information content (AvgIpc) is 2.39. The molecule has 0 unspecified atom stereocenters. The molecule has 1 N–H and O–H groups in total. The van der Waals surface area contributed by atoms with Crippen molar-refractivity contribution in [1.82, 2.24) is 0 Å². The van der Waals surface area contributed by atoms with Gasteiger partial charge < -0.3 is 10.1 Å². The third-order valence-corrected chi connectivity index (χ3v) is 3.35. The Morgan fingerprint density at radius 2 is 1.95 bits per heavy atom. The second kappa shape index (κ2) is 6.62. The standard InChI is InChI=1S/C16H18BrNO/c1-12-4-3-5-15(10-12)18-8-9-19-16-11-14(17)7-6-13(16)2/h3-7,10-11,18H,8-9H2,1-2H3. The lowest BCUT2D eigenvalue weighted by atomic mass is 10.2. The van der Waals surface area contributed by atoms with Crippen molar-refractivity contribution in [3.05, 3.63) is 58.1 Å². The van der Waals surface area contributed by atoms with Crippen LogP contribution in [0.1, 0.15) is 11.1 Å². The highest BCUT2D eigenvalue weighted by Crippen LogP contribution is 2.22. The number of aryl methyl sites for hydroxylation is 2. The van der Waals surface area contributed by atoms with E-state index in [-0.39, 0.29) is 0 Å². The summed E-state index contributed by atoms with van der Waals surface area (Å²) >= 11 is 3.45. The van der Waals surface area contributed by atoms with Crippen LogP contribution in [-0.2, 0) is 0 Å². The van der Waals surface area contributed by atoms with Crippen LogP contribution in [0.3, 0.4) is 0 Å². The number of hydrogen-bond donors (Lipinski definition) is 1. The van der Waals surface area contributed by atoms with Crippen LogP contribution >= 0.6 is 15.9 Å².